The highest BCUT2D eigenvalue weighted by Crippen LogP contribution is 2.63. The Morgan fingerprint density at radius 2 is 1.87 bits per heavy atom. The minimum absolute atomic E-state index is 0.148. The zero-order valence-corrected chi connectivity index (χ0v) is 15.7. The van der Waals surface area contributed by atoms with Crippen LogP contribution in [-0.2, 0) is 4.89 Å². The van der Waals surface area contributed by atoms with Crippen LogP contribution in [0.5, 0.6) is 0 Å². The summed E-state index contributed by atoms with van der Waals surface area (Å²) < 4.78 is 0. The summed E-state index contributed by atoms with van der Waals surface area (Å²) in [5, 5.41) is 20.0. The van der Waals surface area contributed by atoms with Crippen molar-refractivity contribution >= 4 is 0 Å². The lowest BCUT2D eigenvalue weighted by atomic mass is 9.45. The lowest BCUT2D eigenvalue weighted by Gasteiger charge is -2.61. The first-order chi connectivity index (χ1) is 10.5. The predicted molar refractivity (Wildman–Crippen MR) is 94.1 cm³/mol. The van der Waals surface area contributed by atoms with Gasteiger partial charge in [-0.25, -0.2) is 4.89 Å². The molecule has 0 aliphatic heterocycles. The van der Waals surface area contributed by atoms with Crippen LogP contribution in [-0.4, -0.2) is 21.6 Å². The summed E-state index contributed by atoms with van der Waals surface area (Å²) in [5.41, 5.74) is -0.891. The molecule has 0 aromatic carbocycles. The van der Waals surface area contributed by atoms with Crippen molar-refractivity contribution in [3.05, 3.63) is 12.7 Å². The minimum Gasteiger partial charge on any atom is -0.386 e. The summed E-state index contributed by atoms with van der Waals surface area (Å²) in [6.07, 6.45) is 8.81. The van der Waals surface area contributed by atoms with Gasteiger partial charge in [-0.15, -0.1) is 6.58 Å². The van der Waals surface area contributed by atoms with Gasteiger partial charge in [0.15, 0.2) is 0 Å². The molecule has 0 radical (unpaired) electrons. The van der Waals surface area contributed by atoms with Crippen LogP contribution in [0.3, 0.4) is 0 Å². The number of rotatable bonds is 5. The van der Waals surface area contributed by atoms with E-state index in [9.17, 15) is 10.4 Å². The molecule has 5 atom stereocenters. The van der Waals surface area contributed by atoms with Gasteiger partial charge in [0, 0.05) is 0 Å². The summed E-state index contributed by atoms with van der Waals surface area (Å²) in [5.74, 6) is 0.885. The molecule has 2 rings (SSSR count). The highest BCUT2D eigenvalue weighted by atomic mass is 17.1. The highest BCUT2D eigenvalue weighted by molar-refractivity contribution is 5.08. The molecule has 3 nitrogen and oxygen atoms in total. The second-order valence-electron chi connectivity index (χ2n) is 9.50. The Morgan fingerprint density at radius 3 is 2.43 bits per heavy atom. The quantitative estimate of drug-likeness (QED) is 0.415. The molecule has 0 amide bonds. The summed E-state index contributed by atoms with van der Waals surface area (Å²) in [6.45, 7) is 14.8. The third-order valence-electron chi connectivity index (χ3n) is 7.33. The van der Waals surface area contributed by atoms with Crippen molar-refractivity contribution in [3.63, 3.8) is 0 Å². The number of aliphatic hydroxyl groups is 1. The standard InChI is InChI=1S/C20H36O3/c1-7-18(4,21)13-9-16-19(5)12-8-11-17(2,3)15(19)10-14-20(16,6)23-22/h7,15-16,21-22H,1,8-14H2,2-6H3/t15-,16+,18-,19-,20?/m0/s1. The van der Waals surface area contributed by atoms with Crippen molar-refractivity contribution in [1.82, 2.24) is 0 Å². The molecular formula is C20H36O3. The molecule has 0 bridgehead atoms. The number of hydrogen-bond donors (Lipinski definition) is 2. The zero-order valence-electron chi connectivity index (χ0n) is 15.7. The van der Waals surface area contributed by atoms with E-state index in [1.807, 2.05) is 13.8 Å². The number of hydrogen-bond acceptors (Lipinski definition) is 3. The molecule has 2 N–H and O–H groups in total. The molecule has 2 fully saturated rings. The van der Waals surface area contributed by atoms with Crippen LogP contribution in [0.25, 0.3) is 0 Å². The van der Waals surface area contributed by atoms with Crippen LogP contribution in [0.2, 0.25) is 0 Å². The molecule has 1 unspecified atom stereocenters. The number of fused-ring (bicyclic) bond motifs is 1. The monoisotopic (exact) mass is 324 g/mol. The molecule has 0 aromatic heterocycles. The van der Waals surface area contributed by atoms with E-state index in [0.717, 1.165) is 19.3 Å². The molecular weight excluding hydrogens is 288 g/mol. The van der Waals surface area contributed by atoms with Crippen molar-refractivity contribution in [2.45, 2.75) is 90.8 Å². The molecule has 134 valence electrons. The van der Waals surface area contributed by atoms with E-state index in [2.05, 4.69) is 27.4 Å². The predicted octanol–water partition coefficient (Wildman–Crippen LogP) is 5.19. The fraction of sp³-hybridized carbons (Fsp3) is 0.900. The van der Waals surface area contributed by atoms with Gasteiger partial charge in [-0.3, -0.25) is 5.26 Å². The van der Waals surface area contributed by atoms with E-state index in [1.54, 1.807) is 6.08 Å². The highest BCUT2D eigenvalue weighted by Gasteiger charge is 2.59. The van der Waals surface area contributed by atoms with E-state index < -0.39 is 11.2 Å². The van der Waals surface area contributed by atoms with Gasteiger partial charge >= 0.3 is 0 Å². The Kier molecular flexibility index (Phi) is 5.08. The first-order valence-corrected chi connectivity index (χ1v) is 9.19. The van der Waals surface area contributed by atoms with E-state index in [-0.39, 0.29) is 11.3 Å². The average Bonchev–Trinajstić information content (AvgIpc) is 2.45. The summed E-state index contributed by atoms with van der Waals surface area (Å²) in [7, 11) is 0. The normalized spacial score (nSPS) is 42.6. The summed E-state index contributed by atoms with van der Waals surface area (Å²) in [4.78, 5) is 5.07. The van der Waals surface area contributed by atoms with Gasteiger partial charge in [0.05, 0.1) is 5.60 Å². The van der Waals surface area contributed by atoms with Gasteiger partial charge in [-0.05, 0) is 75.0 Å². The van der Waals surface area contributed by atoms with Gasteiger partial charge in [-0.1, -0.05) is 33.3 Å². The van der Waals surface area contributed by atoms with Crippen LogP contribution in [0, 0.1) is 22.7 Å². The third kappa shape index (κ3) is 3.38. The van der Waals surface area contributed by atoms with Crippen molar-refractivity contribution < 1.29 is 15.3 Å². The van der Waals surface area contributed by atoms with E-state index in [0.29, 0.717) is 17.8 Å². The van der Waals surface area contributed by atoms with Gasteiger partial charge in [0.1, 0.15) is 5.60 Å². The van der Waals surface area contributed by atoms with Gasteiger partial charge in [0.2, 0.25) is 0 Å². The smallest absolute Gasteiger partial charge is 0.104 e. The van der Waals surface area contributed by atoms with Crippen molar-refractivity contribution in [1.29, 1.82) is 0 Å². The SMILES string of the molecule is C=C[C@](C)(O)CC[C@H]1C(C)(OO)CC[C@H]2C(C)(C)CCC[C@@]21C. The van der Waals surface area contributed by atoms with E-state index in [4.69, 9.17) is 4.89 Å². The molecule has 23 heavy (non-hydrogen) atoms. The Labute approximate surface area is 142 Å². The van der Waals surface area contributed by atoms with Crippen LogP contribution < -0.4 is 0 Å². The Morgan fingerprint density at radius 1 is 1.22 bits per heavy atom. The average molecular weight is 325 g/mol. The summed E-state index contributed by atoms with van der Waals surface area (Å²) >= 11 is 0. The summed E-state index contributed by atoms with van der Waals surface area (Å²) in [6, 6.07) is 0. The fourth-order valence-corrected chi connectivity index (χ4v) is 5.89. The van der Waals surface area contributed by atoms with Crippen LogP contribution in [0.1, 0.15) is 79.6 Å². The topological polar surface area (TPSA) is 49.7 Å². The van der Waals surface area contributed by atoms with Gasteiger partial charge in [0.25, 0.3) is 0 Å². The minimum atomic E-state index is -0.857. The Hall–Kier alpha value is -0.380. The second kappa shape index (κ2) is 6.16. The third-order valence-corrected chi connectivity index (χ3v) is 7.33. The molecule has 2 saturated carbocycles. The fourth-order valence-electron chi connectivity index (χ4n) is 5.89. The lowest BCUT2D eigenvalue weighted by molar-refractivity contribution is -0.359. The van der Waals surface area contributed by atoms with Crippen molar-refractivity contribution in [3.8, 4) is 0 Å². The van der Waals surface area contributed by atoms with E-state index >= 15 is 0 Å². The van der Waals surface area contributed by atoms with E-state index in [1.165, 1.54) is 19.3 Å². The van der Waals surface area contributed by atoms with Gasteiger partial charge in [-0.2, -0.15) is 0 Å². The molecule has 0 spiro atoms. The van der Waals surface area contributed by atoms with Gasteiger partial charge < -0.3 is 5.11 Å². The molecule has 0 aromatic rings. The first kappa shape index (κ1) is 19.0. The maximum absolute atomic E-state index is 10.4. The maximum Gasteiger partial charge on any atom is 0.104 e. The molecule has 2 aliphatic rings. The van der Waals surface area contributed by atoms with Crippen LogP contribution in [0.15, 0.2) is 12.7 Å². The lowest BCUT2D eigenvalue weighted by Crippen LogP contribution is -2.58. The second-order valence-corrected chi connectivity index (χ2v) is 9.50. The van der Waals surface area contributed by atoms with Crippen LogP contribution in [0.4, 0.5) is 0 Å². The van der Waals surface area contributed by atoms with Crippen molar-refractivity contribution in [2.75, 3.05) is 0 Å². The molecule has 0 heterocycles. The molecule has 3 heteroatoms. The maximum atomic E-state index is 10.4. The largest absolute Gasteiger partial charge is 0.386 e. The van der Waals surface area contributed by atoms with Crippen molar-refractivity contribution in [2.24, 2.45) is 22.7 Å². The van der Waals surface area contributed by atoms with Crippen LogP contribution >= 0.6 is 0 Å². The Bertz CT molecular complexity index is 442. The first-order valence-electron chi connectivity index (χ1n) is 9.19. The zero-order chi connectivity index (χ0) is 17.5. The Balaban J connectivity index is 2.32. The molecule has 2 aliphatic carbocycles. The molecule has 0 saturated heterocycles.